The summed E-state index contributed by atoms with van der Waals surface area (Å²) < 4.78 is 7.34. The van der Waals surface area contributed by atoms with E-state index < -0.39 is 0 Å². The molecular formula is C20H20N4O2. The van der Waals surface area contributed by atoms with Crippen LogP contribution in [0.25, 0.3) is 5.69 Å². The first kappa shape index (κ1) is 17.4. The maximum absolute atomic E-state index is 12.0. The van der Waals surface area contributed by atoms with Crippen LogP contribution in [0.4, 0.5) is 0 Å². The fraction of sp³-hybridized carbons (Fsp3) is 0.150. The molecule has 26 heavy (non-hydrogen) atoms. The molecule has 1 aromatic carbocycles. The van der Waals surface area contributed by atoms with E-state index in [1.54, 1.807) is 31.7 Å². The van der Waals surface area contributed by atoms with Crippen LogP contribution in [0.1, 0.15) is 27.3 Å². The highest BCUT2D eigenvalue weighted by atomic mass is 16.5. The summed E-state index contributed by atoms with van der Waals surface area (Å²) >= 11 is 0. The van der Waals surface area contributed by atoms with E-state index in [0.717, 1.165) is 28.4 Å². The van der Waals surface area contributed by atoms with Gasteiger partial charge in [0.15, 0.2) is 0 Å². The molecule has 2 heterocycles. The van der Waals surface area contributed by atoms with Gasteiger partial charge in [-0.15, -0.1) is 0 Å². The lowest BCUT2D eigenvalue weighted by Crippen LogP contribution is -2.17. The van der Waals surface area contributed by atoms with Crippen molar-refractivity contribution in [2.24, 2.45) is 5.10 Å². The van der Waals surface area contributed by atoms with Crippen molar-refractivity contribution < 1.29 is 9.53 Å². The molecule has 0 bridgehead atoms. The lowest BCUT2D eigenvalue weighted by atomic mass is 10.2. The molecule has 3 aromatic rings. The molecule has 1 amide bonds. The van der Waals surface area contributed by atoms with Gasteiger partial charge in [-0.05, 0) is 56.3 Å². The van der Waals surface area contributed by atoms with Crippen LogP contribution in [-0.4, -0.2) is 28.8 Å². The van der Waals surface area contributed by atoms with Crippen LogP contribution in [-0.2, 0) is 0 Å². The Morgan fingerprint density at radius 1 is 1.23 bits per heavy atom. The zero-order valence-electron chi connectivity index (χ0n) is 14.9. The minimum atomic E-state index is -0.293. The molecule has 0 unspecified atom stereocenters. The SMILES string of the molecule is COc1ccc(-n2c(C)cc(/C=N\NC(=O)c3cccnc3)c2C)cc1. The molecule has 0 spiro atoms. The van der Waals surface area contributed by atoms with E-state index in [1.165, 1.54) is 6.20 Å². The Balaban J connectivity index is 1.78. The summed E-state index contributed by atoms with van der Waals surface area (Å²) in [6.45, 7) is 4.05. The van der Waals surface area contributed by atoms with Gasteiger partial charge in [-0.25, -0.2) is 5.43 Å². The van der Waals surface area contributed by atoms with Crippen LogP contribution in [0.15, 0.2) is 60.0 Å². The number of hydrogen-bond acceptors (Lipinski definition) is 4. The average Bonchev–Trinajstić information content (AvgIpc) is 2.96. The Bertz CT molecular complexity index is 928. The van der Waals surface area contributed by atoms with E-state index in [9.17, 15) is 4.79 Å². The van der Waals surface area contributed by atoms with E-state index in [2.05, 4.69) is 20.1 Å². The number of carbonyl (C=O) groups is 1. The Hall–Kier alpha value is -3.41. The number of benzene rings is 1. The average molecular weight is 348 g/mol. The van der Waals surface area contributed by atoms with Gasteiger partial charge in [0.25, 0.3) is 5.91 Å². The Morgan fingerprint density at radius 2 is 2.00 bits per heavy atom. The summed E-state index contributed by atoms with van der Waals surface area (Å²) in [6, 6.07) is 13.3. The number of nitrogens with zero attached hydrogens (tertiary/aromatic N) is 3. The Labute approximate surface area is 152 Å². The van der Waals surface area contributed by atoms with E-state index in [0.29, 0.717) is 5.56 Å². The third-order valence-electron chi connectivity index (χ3n) is 4.09. The van der Waals surface area contributed by atoms with Gasteiger partial charge in [-0.2, -0.15) is 5.10 Å². The molecule has 0 aliphatic carbocycles. The molecule has 6 heteroatoms. The molecule has 0 saturated heterocycles. The van der Waals surface area contributed by atoms with Crippen molar-refractivity contribution in [1.82, 2.24) is 15.0 Å². The molecule has 2 aromatic heterocycles. The fourth-order valence-electron chi connectivity index (χ4n) is 2.77. The highest BCUT2D eigenvalue weighted by molar-refractivity contribution is 5.94. The zero-order chi connectivity index (χ0) is 18.5. The van der Waals surface area contributed by atoms with Crippen molar-refractivity contribution in [1.29, 1.82) is 0 Å². The summed E-state index contributed by atoms with van der Waals surface area (Å²) in [5, 5.41) is 4.07. The number of nitrogens with one attached hydrogen (secondary N) is 1. The monoisotopic (exact) mass is 348 g/mol. The van der Waals surface area contributed by atoms with Gasteiger partial charge in [0, 0.05) is 35.0 Å². The zero-order valence-corrected chi connectivity index (χ0v) is 14.9. The second kappa shape index (κ2) is 7.65. The third-order valence-corrected chi connectivity index (χ3v) is 4.09. The molecule has 0 aliphatic rings. The van der Waals surface area contributed by atoms with Gasteiger partial charge in [-0.1, -0.05) is 0 Å². The number of hydrazone groups is 1. The van der Waals surface area contributed by atoms with Gasteiger partial charge in [0.2, 0.25) is 0 Å². The second-order valence-corrected chi connectivity index (χ2v) is 5.80. The van der Waals surface area contributed by atoms with Crippen LogP contribution in [0.2, 0.25) is 0 Å². The molecule has 0 radical (unpaired) electrons. The van der Waals surface area contributed by atoms with Gasteiger partial charge in [-0.3, -0.25) is 9.78 Å². The lowest BCUT2D eigenvalue weighted by Gasteiger charge is -2.10. The van der Waals surface area contributed by atoms with Crippen molar-refractivity contribution in [2.45, 2.75) is 13.8 Å². The first-order chi connectivity index (χ1) is 12.6. The van der Waals surface area contributed by atoms with Crippen LogP contribution < -0.4 is 10.2 Å². The summed E-state index contributed by atoms with van der Waals surface area (Å²) in [4.78, 5) is 15.9. The minimum Gasteiger partial charge on any atom is -0.497 e. The van der Waals surface area contributed by atoms with Crippen molar-refractivity contribution in [3.8, 4) is 11.4 Å². The predicted molar refractivity (Wildman–Crippen MR) is 101 cm³/mol. The first-order valence-electron chi connectivity index (χ1n) is 8.17. The Morgan fingerprint density at radius 3 is 2.65 bits per heavy atom. The fourth-order valence-corrected chi connectivity index (χ4v) is 2.77. The molecule has 0 atom stereocenters. The highest BCUT2D eigenvalue weighted by Crippen LogP contribution is 2.21. The largest absolute Gasteiger partial charge is 0.497 e. The molecule has 6 nitrogen and oxygen atoms in total. The number of methoxy groups -OCH3 is 1. The lowest BCUT2D eigenvalue weighted by molar-refractivity contribution is 0.0955. The van der Waals surface area contributed by atoms with E-state index in [-0.39, 0.29) is 5.91 Å². The molecule has 132 valence electrons. The highest BCUT2D eigenvalue weighted by Gasteiger charge is 2.10. The standard InChI is InChI=1S/C20H20N4O2/c1-14-11-17(13-22-23-20(25)16-5-4-10-21-12-16)15(2)24(14)18-6-8-19(26-3)9-7-18/h4-13H,1-3H3,(H,23,25)/b22-13-. The Kier molecular flexibility index (Phi) is 5.12. The van der Waals surface area contributed by atoms with Crippen LogP contribution in [0.3, 0.4) is 0 Å². The number of hydrogen-bond donors (Lipinski definition) is 1. The maximum Gasteiger partial charge on any atom is 0.272 e. The predicted octanol–water partition coefficient (Wildman–Crippen LogP) is 3.26. The van der Waals surface area contributed by atoms with Gasteiger partial charge in [0.1, 0.15) is 5.75 Å². The smallest absolute Gasteiger partial charge is 0.272 e. The van der Waals surface area contributed by atoms with Gasteiger partial charge in [0.05, 0.1) is 18.9 Å². The van der Waals surface area contributed by atoms with Crippen LogP contribution in [0.5, 0.6) is 5.75 Å². The number of rotatable bonds is 5. The van der Waals surface area contributed by atoms with E-state index in [4.69, 9.17) is 4.74 Å². The van der Waals surface area contributed by atoms with E-state index in [1.807, 2.05) is 44.2 Å². The molecule has 0 fully saturated rings. The number of aryl methyl sites for hydroxylation is 1. The minimum absolute atomic E-state index is 0.293. The molecule has 0 saturated carbocycles. The number of amides is 1. The second-order valence-electron chi connectivity index (χ2n) is 5.80. The summed E-state index contributed by atoms with van der Waals surface area (Å²) in [5.74, 6) is 0.523. The van der Waals surface area contributed by atoms with Crippen molar-refractivity contribution in [3.63, 3.8) is 0 Å². The molecular weight excluding hydrogens is 328 g/mol. The first-order valence-corrected chi connectivity index (χ1v) is 8.17. The maximum atomic E-state index is 12.0. The third kappa shape index (κ3) is 3.64. The number of pyridine rings is 1. The molecule has 3 rings (SSSR count). The topological polar surface area (TPSA) is 68.5 Å². The number of ether oxygens (including phenoxy) is 1. The van der Waals surface area contributed by atoms with Crippen LogP contribution >= 0.6 is 0 Å². The van der Waals surface area contributed by atoms with E-state index >= 15 is 0 Å². The molecule has 0 aliphatic heterocycles. The molecule has 1 N–H and O–H groups in total. The summed E-state index contributed by atoms with van der Waals surface area (Å²) in [7, 11) is 1.65. The summed E-state index contributed by atoms with van der Waals surface area (Å²) in [6.07, 6.45) is 4.77. The van der Waals surface area contributed by atoms with Crippen molar-refractivity contribution >= 4 is 12.1 Å². The van der Waals surface area contributed by atoms with Crippen molar-refractivity contribution in [2.75, 3.05) is 7.11 Å². The quantitative estimate of drug-likeness (QED) is 0.568. The van der Waals surface area contributed by atoms with Crippen LogP contribution in [0, 0.1) is 13.8 Å². The summed E-state index contributed by atoms with van der Waals surface area (Å²) in [5.41, 5.74) is 7.08. The number of aromatic nitrogens is 2. The van der Waals surface area contributed by atoms with Crippen molar-refractivity contribution in [3.05, 3.63) is 77.4 Å². The normalized spacial score (nSPS) is 10.9. The van der Waals surface area contributed by atoms with Gasteiger partial charge >= 0.3 is 0 Å². The van der Waals surface area contributed by atoms with Gasteiger partial charge < -0.3 is 9.30 Å². The number of carbonyl (C=O) groups excluding carboxylic acids is 1.